The third-order valence-corrected chi connectivity index (χ3v) is 6.33. The molecule has 1 aromatic carbocycles. The van der Waals surface area contributed by atoms with Crippen LogP contribution < -0.4 is 0 Å². The molecular weight excluding hydrogens is 367 g/mol. The third kappa shape index (κ3) is 3.07. The number of benzene rings is 1. The second-order valence-electron chi connectivity index (χ2n) is 7.93. The molecule has 0 aliphatic heterocycles. The molecule has 1 aromatic rings. The summed E-state index contributed by atoms with van der Waals surface area (Å²) >= 11 is 0. The Hall–Kier alpha value is -0.417. The van der Waals surface area contributed by atoms with Gasteiger partial charge in [-0.2, -0.15) is 12.3 Å². The first-order valence-corrected chi connectivity index (χ1v) is 8.33. The van der Waals surface area contributed by atoms with Gasteiger partial charge in [-0.15, -0.1) is 0 Å². The van der Waals surface area contributed by atoms with Crippen LogP contribution in [0.5, 0.6) is 0 Å². The first kappa shape index (κ1) is 21.6. The van der Waals surface area contributed by atoms with E-state index in [1.165, 1.54) is 24.0 Å². The van der Waals surface area contributed by atoms with Crippen LogP contribution in [0.1, 0.15) is 50.7 Å². The van der Waals surface area contributed by atoms with Gasteiger partial charge in [0.2, 0.25) is 0 Å². The molecule has 0 spiro atoms. The zero-order valence-electron chi connectivity index (χ0n) is 15.8. The summed E-state index contributed by atoms with van der Waals surface area (Å²) in [7, 11) is 0. The van der Waals surface area contributed by atoms with Crippen molar-refractivity contribution in [1.29, 1.82) is 0 Å². The molecule has 0 N–H and O–H groups in total. The molecule has 0 bridgehead atoms. The Bertz CT molecular complexity index is 625. The Balaban J connectivity index is 0.000000960. The van der Waals surface area contributed by atoms with Crippen molar-refractivity contribution in [2.24, 2.45) is 22.7 Å². The van der Waals surface area contributed by atoms with Gasteiger partial charge in [0.05, 0.1) is 0 Å². The van der Waals surface area contributed by atoms with Crippen LogP contribution in [-0.2, 0) is 26.2 Å². The summed E-state index contributed by atoms with van der Waals surface area (Å²) in [6.45, 7) is 7.30. The Morgan fingerprint density at radius 1 is 1.04 bits per heavy atom. The molecule has 4 unspecified atom stereocenters. The van der Waals surface area contributed by atoms with Gasteiger partial charge < -0.3 is 21.3 Å². The molecule has 0 nitrogen and oxygen atoms in total. The standard InChI is InChI=1S/C21H25.2CH3.Zr/c1-20(2)13-14-21(3,19-10-6-9-18(19)20)17-12-11-15-7-4-5-8-16(15)17;;;/h4-5,7-9,11-14,17-19H,6,10H2,1-3H3;2*1H3;/q3*-1;+3. The second-order valence-corrected chi connectivity index (χ2v) is 7.93. The molecule has 1 fully saturated rings. The monoisotopic (exact) mass is 397 g/mol. The van der Waals surface area contributed by atoms with Crippen LogP contribution >= 0.6 is 0 Å². The number of fused-ring (bicyclic) bond motifs is 2. The largest absolute Gasteiger partial charge is 3.00 e. The van der Waals surface area contributed by atoms with E-state index in [0.717, 1.165) is 11.8 Å². The van der Waals surface area contributed by atoms with E-state index in [1.54, 1.807) is 0 Å². The molecule has 0 saturated heterocycles. The average molecular weight is 399 g/mol. The van der Waals surface area contributed by atoms with Crippen molar-refractivity contribution in [3.63, 3.8) is 0 Å². The second kappa shape index (κ2) is 7.45. The molecule has 4 atom stereocenters. The Labute approximate surface area is 168 Å². The van der Waals surface area contributed by atoms with E-state index in [9.17, 15) is 0 Å². The fourth-order valence-corrected chi connectivity index (χ4v) is 5.07. The predicted octanol–water partition coefficient (Wildman–Crippen LogP) is 6.53. The van der Waals surface area contributed by atoms with Crippen LogP contribution in [0.3, 0.4) is 0 Å². The van der Waals surface area contributed by atoms with Gasteiger partial charge in [0, 0.05) is 5.92 Å². The van der Waals surface area contributed by atoms with Gasteiger partial charge in [-0.25, -0.2) is 0 Å². The molecule has 3 aliphatic rings. The minimum atomic E-state index is 0. The van der Waals surface area contributed by atoms with Gasteiger partial charge in [-0.3, -0.25) is 0 Å². The van der Waals surface area contributed by atoms with Gasteiger partial charge in [0.25, 0.3) is 0 Å². The molecule has 0 amide bonds. The summed E-state index contributed by atoms with van der Waals surface area (Å²) in [6, 6.07) is 8.92. The van der Waals surface area contributed by atoms with E-state index in [2.05, 4.69) is 75.8 Å². The van der Waals surface area contributed by atoms with Gasteiger partial charge in [0.1, 0.15) is 0 Å². The fraction of sp³-hybridized carbons (Fsp3) is 0.435. The molecule has 127 valence electrons. The van der Waals surface area contributed by atoms with Crippen LogP contribution in [0, 0.1) is 43.9 Å². The molecule has 4 rings (SSSR count). The van der Waals surface area contributed by atoms with E-state index < -0.39 is 0 Å². The number of allylic oxidation sites excluding steroid dienone is 3. The Morgan fingerprint density at radius 3 is 2.50 bits per heavy atom. The first-order valence-electron chi connectivity index (χ1n) is 8.33. The zero-order valence-corrected chi connectivity index (χ0v) is 18.3. The van der Waals surface area contributed by atoms with Crippen LogP contribution in [0.15, 0.2) is 42.5 Å². The van der Waals surface area contributed by atoms with Crippen LogP contribution in [-0.4, -0.2) is 0 Å². The zero-order chi connectivity index (χ0) is 14.7. The number of rotatable bonds is 1. The smallest absolute Gasteiger partial charge is 0.358 e. The van der Waals surface area contributed by atoms with Crippen LogP contribution in [0.4, 0.5) is 0 Å². The predicted molar refractivity (Wildman–Crippen MR) is 103 cm³/mol. The minimum Gasteiger partial charge on any atom is -0.358 e. The summed E-state index contributed by atoms with van der Waals surface area (Å²) in [5.74, 6) is 2.05. The normalized spacial score (nSPS) is 34.4. The van der Waals surface area contributed by atoms with E-state index >= 15 is 0 Å². The van der Waals surface area contributed by atoms with Crippen molar-refractivity contribution >= 4 is 6.08 Å². The van der Waals surface area contributed by atoms with Gasteiger partial charge in [-0.1, -0.05) is 81.7 Å². The fourth-order valence-electron chi connectivity index (χ4n) is 5.07. The summed E-state index contributed by atoms with van der Waals surface area (Å²) in [5, 5.41) is 0. The van der Waals surface area contributed by atoms with Gasteiger partial charge in [0.15, 0.2) is 0 Å². The van der Waals surface area contributed by atoms with Crippen molar-refractivity contribution in [3.05, 3.63) is 74.9 Å². The molecule has 1 heteroatoms. The van der Waals surface area contributed by atoms with Gasteiger partial charge in [-0.05, 0) is 22.0 Å². The molecule has 3 aliphatic carbocycles. The minimum absolute atomic E-state index is 0. The quantitative estimate of drug-likeness (QED) is 0.373. The van der Waals surface area contributed by atoms with E-state index in [4.69, 9.17) is 0 Å². The van der Waals surface area contributed by atoms with Crippen molar-refractivity contribution in [2.45, 2.75) is 39.5 Å². The Kier molecular flexibility index (Phi) is 6.71. The van der Waals surface area contributed by atoms with Gasteiger partial charge >= 0.3 is 26.2 Å². The number of hydrogen-bond acceptors (Lipinski definition) is 0. The van der Waals surface area contributed by atoms with E-state index in [1.807, 2.05) is 0 Å². The molecular formula is C23H31Zr. The SMILES string of the molecule is CC1(C)C=CC(C)(C2C=Cc3ccccc32)C2CC[CH-]C21.[CH3-].[CH3-].[Zr+3]. The van der Waals surface area contributed by atoms with Crippen LogP contribution in [0.2, 0.25) is 0 Å². The molecule has 0 aromatic heterocycles. The molecule has 1 radical (unpaired) electrons. The molecule has 24 heavy (non-hydrogen) atoms. The topological polar surface area (TPSA) is 0 Å². The van der Waals surface area contributed by atoms with Crippen LogP contribution in [0.25, 0.3) is 6.08 Å². The summed E-state index contributed by atoms with van der Waals surface area (Å²) in [4.78, 5) is 0. The summed E-state index contributed by atoms with van der Waals surface area (Å²) in [5.41, 5.74) is 3.52. The van der Waals surface area contributed by atoms with E-state index in [0.29, 0.717) is 11.3 Å². The first-order chi connectivity index (χ1) is 10.0. The molecule has 0 heterocycles. The van der Waals surface area contributed by atoms with Crippen molar-refractivity contribution in [3.8, 4) is 0 Å². The third-order valence-electron chi connectivity index (χ3n) is 6.33. The maximum absolute atomic E-state index is 2.59. The van der Waals surface area contributed by atoms with Crippen molar-refractivity contribution < 1.29 is 26.2 Å². The maximum Gasteiger partial charge on any atom is 3.00 e. The maximum atomic E-state index is 2.59. The van der Waals surface area contributed by atoms with E-state index in [-0.39, 0.29) is 46.5 Å². The Morgan fingerprint density at radius 2 is 1.75 bits per heavy atom. The summed E-state index contributed by atoms with van der Waals surface area (Å²) < 4.78 is 0. The average Bonchev–Trinajstić information content (AvgIpc) is 3.11. The van der Waals surface area contributed by atoms with Crippen molar-refractivity contribution in [2.75, 3.05) is 0 Å². The summed E-state index contributed by atoms with van der Waals surface area (Å²) in [6.07, 6.45) is 15.0. The van der Waals surface area contributed by atoms with Crippen molar-refractivity contribution in [1.82, 2.24) is 0 Å². The number of hydrogen-bond donors (Lipinski definition) is 0. The molecule has 1 saturated carbocycles.